The van der Waals surface area contributed by atoms with E-state index in [1.807, 2.05) is 11.8 Å². The van der Waals surface area contributed by atoms with Crippen molar-refractivity contribution in [3.8, 4) is 0 Å². The van der Waals surface area contributed by atoms with Crippen molar-refractivity contribution < 1.29 is 5.11 Å². The molecule has 0 saturated heterocycles. The molecule has 1 atom stereocenters. The zero-order valence-corrected chi connectivity index (χ0v) is 11.4. The minimum Gasteiger partial charge on any atom is -0.396 e. The average molecular weight is 251 g/mol. The van der Waals surface area contributed by atoms with Gasteiger partial charge < -0.3 is 10.4 Å². The minimum atomic E-state index is -0.0446. The van der Waals surface area contributed by atoms with Crippen LogP contribution in [0.3, 0.4) is 0 Å². The van der Waals surface area contributed by atoms with Gasteiger partial charge in [0.25, 0.3) is 0 Å². The first-order valence-electron chi connectivity index (χ1n) is 6.12. The second-order valence-corrected chi connectivity index (χ2v) is 6.50. The Morgan fingerprint density at radius 3 is 2.94 bits per heavy atom. The van der Waals surface area contributed by atoms with Crippen molar-refractivity contribution in [3.63, 3.8) is 0 Å². The van der Waals surface area contributed by atoms with Crippen molar-refractivity contribution in [2.24, 2.45) is 5.41 Å². The van der Waals surface area contributed by atoms with Gasteiger partial charge in [-0.2, -0.15) is 11.8 Å². The summed E-state index contributed by atoms with van der Waals surface area (Å²) < 4.78 is 0. The molecule has 0 saturated carbocycles. The van der Waals surface area contributed by atoms with E-state index in [9.17, 15) is 5.11 Å². The zero-order chi connectivity index (χ0) is 12.3. The molecule has 1 unspecified atom stereocenters. The first-order valence-corrected chi connectivity index (χ1v) is 7.28. The molecule has 0 bridgehead atoms. The highest BCUT2D eigenvalue weighted by Crippen LogP contribution is 2.31. The average Bonchev–Trinajstić information content (AvgIpc) is 2.36. The molecule has 0 radical (unpaired) electrons. The summed E-state index contributed by atoms with van der Waals surface area (Å²) in [5.74, 6) is 2.25. The SMILES string of the molecule is CC(C)(CO)CNC1CSCc2ccccc21. The number of aliphatic hydroxyl groups is 1. The van der Waals surface area contributed by atoms with E-state index < -0.39 is 0 Å². The standard InChI is InChI=1S/C14H21NOS/c1-14(2,10-16)9-15-13-8-17-7-11-5-3-4-6-12(11)13/h3-6,13,15-16H,7-10H2,1-2H3. The van der Waals surface area contributed by atoms with Crippen LogP contribution >= 0.6 is 11.8 Å². The lowest BCUT2D eigenvalue weighted by molar-refractivity contribution is 0.154. The largest absolute Gasteiger partial charge is 0.396 e. The molecule has 3 heteroatoms. The summed E-state index contributed by atoms with van der Waals surface area (Å²) >= 11 is 1.98. The number of nitrogens with one attached hydrogen (secondary N) is 1. The highest BCUT2D eigenvalue weighted by molar-refractivity contribution is 7.98. The van der Waals surface area contributed by atoms with E-state index in [1.165, 1.54) is 11.1 Å². The van der Waals surface area contributed by atoms with Crippen molar-refractivity contribution in [1.82, 2.24) is 5.32 Å². The first kappa shape index (κ1) is 12.9. The van der Waals surface area contributed by atoms with Crippen LogP contribution in [0.1, 0.15) is 31.0 Å². The van der Waals surface area contributed by atoms with E-state index in [4.69, 9.17) is 0 Å². The molecule has 1 aromatic carbocycles. The molecular formula is C14H21NOS. The molecule has 0 fully saturated rings. The normalized spacial score (nSPS) is 20.1. The highest BCUT2D eigenvalue weighted by atomic mass is 32.2. The third-order valence-corrected chi connectivity index (χ3v) is 4.31. The Morgan fingerprint density at radius 2 is 2.18 bits per heavy atom. The van der Waals surface area contributed by atoms with Crippen LogP contribution in [-0.2, 0) is 5.75 Å². The zero-order valence-electron chi connectivity index (χ0n) is 10.6. The Balaban J connectivity index is 2.04. The quantitative estimate of drug-likeness (QED) is 0.862. The van der Waals surface area contributed by atoms with E-state index in [1.54, 1.807) is 0 Å². The van der Waals surface area contributed by atoms with Crippen LogP contribution in [0.5, 0.6) is 0 Å². The van der Waals surface area contributed by atoms with Crippen molar-refractivity contribution in [2.75, 3.05) is 18.9 Å². The number of thioether (sulfide) groups is 1. The number of fused-ring (bicyclic) bond motifs is 1. The van der Waals surface area contributed by atoms with Gasteiger partial charge in [0.15, 0.2) is 0 Å². The minimum absolute atomic E-state index is 0.0446. The number of aliphatic hydroxyl groups excluding tert-OH is 1. The smallest absolute Gasteiger partial charge is 0.0494 e. The molecule has 2 N–H and O–H groups in total. The molecular weight excluding hydrogens is 230 g/mol. The van der Waals surface area contributed by atoms with E-state index in [-0.39, 0.29) is 12.0 Å². The summed E-state index contributed by atoms with van der Waals surface area (Å²) in [6, 6.07) is 9.09. The molecule has 94 valence electrons. The van der Waals surface area contributed by atoms with Crippen LogP contribution in [0.4, 0.5) is 0 Å². The fourth-order valence-electron chi connectivity index (χ4n) is 2.01. The number of benzene rings is 1. The van der Waals surface area contributed by atoms with Crippen molar-refractivity contribution in [1.29, 1.82) is 0 Å². The molecule has 1 aliphatic heterocycles. The Kier molecular flexibility index (Phi) is 4.13. The molecule has 1 aliphatic rings. The van der Waals surface area contributed by atoms with Crippen LogP contribution in [-0.4, -0.2) is 24.0 Å². The summed E-state index contributed by atoms with van der Waals surface area (Å²) in [7, 11) is 0. The molecule has 0 amide bonds. The van der Waals surface area contributed by atoms with Gasteiger partial charge in [-0.15, -0.1) is 0 Å². The lowest BCUT2D eigenvalue weighted by Gasteiger charge is -2.30. The monoisotopic (exact) mass is 251 g/mol. The Labute approximate surface area is 108 Å². The Hall–Kier alpha value is -0.510. The predicted molar refractivity (Wildman–Crippen MR) is 74.2 cm³/mol. The van der Waals surface area contributed by atoms with Gasteiger partial charge in [-0.3, -0.25) is 0 Å². The summed E-state index contributed by atoms with van der Waals surface area (Å²) in [4.78, 5) is 0. The van der Waals surface area contributed by atoms with Gasteiger partial charge >= 0.3 is 0 Å². The Bertz CT molecular complexity index is 378. The fourth-order valence-corrected chi connectivity index (χ4v) is 3.14. The highest BCUT2D eigenvalue weighted by Gasteiger charge is 2.23. The van der Waals surface area contributed by atoms with Crippen molar-refractivity contribution in [3.05, 3.63) is 35.4 Å². The molecule has 0 spiro atoms. The van der Waals surface area contributed by atoms with Gasteiger partial charge in [-0.25, -0.2) is 0 Å². The molecule has 2 nitrogen and oxygen atoms in total. The third kappa shape index (κ3) is 3.24. The van der Waals surface area contributed by atoms with Gasteiger partial charge in [-0.1, -0.05) is 38.1 Å². The number of hydrogen-bond donors (Lipinski definition) is 2. The predicted octanol–water partition coefficient (Wildman–Crippen LogP) is 2.58. The fraction of sp³-hybridized carbons (Fsp3) is 0.571. The van der Waals surface area contributed by atoms with Gasteiger partial charge in [0.1, 0.15) is 0 Å². The molecule has 1 heterocycles. The Morgan fingerprint density at radius 1 is 1.41 bits per heavy atom. The topological polar surface area (TPSA) is 32.3 Å². The third-order valence-electron chi connectivity index (χ3n) is 3.23. The van der Waals surface area contributed by atoms with Gasteiger partial charge in [0.05, 0.1) is 0 Å². The maximum atomic E-state index is 9.27. The van der Waals surface area contributed by atoms with Crippen LogP contribution in [0, 0.1) is 5.41 Å². The molecule has 0 aromatic heterocycles. The molecule has 0 aliphatic carbocycles. The van der Waals surface area contributed by atoms with Gasteiger partial charge in [0.2, 0.25) is 0 Å². The summed E-state index contributed by atoms with van der Waals surface area (Å²) in [5, 5.41) is 12.9. The maximum Gasteiger partial charge on any atom is 0.0494 e. The van der Waals surface area contributed by atoms with E-state index in [0.717, 1.165) is 18.1 Å². The van der Waals surface area contributed by atoms with Crippen LogP contribution < -0.4 is 5.32 Å². The number of rotatable bonds is 4. The van der Waals surface area contributed by atoms with Crippen LogP contribution in [0.2, 0.25) is 0 Å². The van der Waals surface area contributed by atoms with Gasteiger partial charge in [0, 0.05) is 36.1 Å². The lowest BCUT2D eigenvalue weighted by Crippen LogP contribution is -2.36. The summed E-state index contributed by atoms with van der Waals surface area (Å²) in [5.41, 5.74) is 2.83. The number of hydrogen-bond acceptors (Lipinski definition) is 3. The molecule has 1 aromatic rings. The second kappa shape index (κ2) is 5.42. The molecule has 2 rings (SSSR count). The lowest BCUT2D eigenvalue weighted by atomic mass is 9.93. The summed E-state index contributed by atoms with van der Waals surface area (Å²) in [6.07, 6.45) is 0. The van der Waals surface area contributed by atoms with E-state index in [0.29, 0.717) is 6.04 Å². The maximum absolute atomic E-state index is 9.27. The van der Waals surface area contributed by atoms with Crippen molar-refractivity contribution in [2.45, 2.75) is 25.6 Å². The van der Waals surface area contributed by atoms with Gasteiger partial charge in [-0.05, 0) is 11.1 Å². The van der Waals surface area contributed by atoms with Crippen LogP contribution in [0.25, 0.3) is 0 Å². The first-order chi connectivity index (χ1) is 8.12. The second-order valence-electron chi connectivity index (χ2n) is 5.47. The molecule has 17 heavy (non-hydrogen) atoms. The summed E-state index contributed by atoms with van der Waals surface area (Å²) in [6.45, 7) is 5.24. The van der Waals surface area contributed by atoms with E-state index >= 15 is 0 Å². The van der Waals surface area contributed by atoms with Crippen molar-refractivity contribution >= 4 is 11.8 Å². The van der Waals surface area contributed by atoms with Crippen LogP contribution in [0.15, 0.2) is 24.3 Å². The van der Waals surface area contributed by atoms with E-state index in [2.05, 4.69) is 43.4 Å².